The van der Waals surface area contributed by atoms with Crippen LogP contribution < -0.4 is 0 Å². The molecule has 0 fully saturated rings. The molecule has 0 aliphatic heterocycles. The molecule has 0 spiro atoms. The van der Waals surface area contributed by atoms with E-state index in [9.17, 15) is 19.2 Å². The van der Waals surface area contributed by atoms with Gasteiger partial charge < -0.3 is 38.1 Å². The summed E-state index contributed by atoms with van der Waals surface area (Å²) < 4.78 is 38.9. The maximum Gasteiger partial charge on any atom is 0.508 e. The lowest BCUT2D eigenvalue weighted by Crippen LogP contribution is -2.28. The highest BCUT2D eigenvalue weighted by Crippen LogP contribution is 2.13. The molecule has 0 N–H and O–H groups in total. The summed E-state index contributed by atoms with van der Waals surface area (Å²) in [4.78, 5) is 52.2. The van der Waals surface area contributed by atoms with Gasteiger partial charge in [0.25, 0.3) is 0 Å². The minimum Gasteiger partial charge on any atom is -0.465 e. The van der Waals surface area contributed by atoms with Gasteiger partial charge in [-0.2, -0.15) is 0 Å². The second-order valence-corrected chi connectivity index (χ2v) is 15.1. The Kier molecular flexibility index (Phi) is 40.4. The molecule has 1 atom stereocenters. The molecule has 0 aromatic rings. The molecule has 0 amide bonds. The largest absolute Gasteiger partial charge is 0.508 e. The predicted octanol–water partition coefficient (Wildman–Crippen LogP) is 10.7. The number of carbonyl (C=O) groups excluding carboxylic acids is 4. The first-order valence-corrected chi connectivity index (χ1v) is 23.2. The Balaban J connectivity index is 4.97. The molecule has 58 heavy (non-hydrogen) atoms. The van der Waals surface area contributed by atoms with Crippen molar-refractivity contribution >= 4 is 24.1 Å². The minimum absolute atomic E-state index is 0.0170. The number of allylic oxidation sites excluding steroid dienone is 1. The fourth-order valence-electron chi connectivity index (χ4n) is 6.03. The molecule has 1 unspecified atom stereocenters. The average molecular weight is 828 g/mol. The van der Waals surface area contributed by atoms with Crippen molar-refractivity contribution in [1.82, 2.24) is 4.90 Å². The Morgan fingerprint density at radius 3 is 1.55 bits per heavy atom. The second kappa shape index (κ2) is 42.4. The maximum absolute atomic E-state index is 12.9. The van der Waals surface area contributed by atoms with Gasteiger partial charge in [0.1, 0.15) is 26.4 Å². The first-order chi connectivity index (χ1) is 28.3. The molecule has 12 nitrogen and oxygen atoms in total. The van der Waals surface area contributed by atoms with Gasteiger partial charge in [-0.05, 0) is 51.6 Å². The van der Waals surface area contributed by atoms with E-state index in [-0.39, 0.29) is 64.7 Å². The van der Waals surface area contributed by atoms with Gasteiger partial charge in [-0.3, -0.25) is 14.4 Å². The molecule has 0 aliphatic carbocycles. The number of esters is 3. The van der Waals surface area contributed by atoms with E-state index in [0.717, 1.165) is 58.2 Å². The molecular weight excluding hydrogens is 743 g/mol. The summed E-state index contributed by atoms with van der Waals surface area (Å²) in [6.07, 6.45) is 23.6. The van der Waals surface area contributed by atoms with Gasteiger partial charge in [0.05, 0.1) is 18.9 Å². The Morgan fingerprint density at radius 2 is 0.983 bits per heavy atom. The predicted molar refractivity (Wildman–Crippen MR) is 229 cm³/mol. The van der Waals surface area contributed by atoms with Crippen LogP contribution in [0.5, 0.6) is 0 Å². The molecule has 340 valence electrons. The fourth-order valence-corrected chi connectivity index (χ4v) is 6.03. The van der Waals surface area contributed by atoms with Crippen molar-refractivity contribution in [2.24, 2.45) is 5.92 Å². The summed E-state index contributed by atoms with van der Waals surface area (Å²) in [5, 5.41) is 0. The van der Waals surface area contributed by atoms with Crippen LogP contribution >= 0.6 is 0 Å². The Bertz CT molecular complexity index is 986. The summed E-state index contributed by atoms with van der Waals surface area (Å²) in [5.41, 5.74) is 0. The fraction of sp³-hybridized carbons (Fsp3) is 0.870. The van der Waals surface area contributed by atoms with E-state index in [1.165, 1.54) is 70.6 Å². The van der Waals surface area contributed by atoms with Crippen molar-refractivity contribution in [3.05, 3.63) is 12.2 Å². The van der Waals surface area contributed by atoms with Crippen LogP contribution in [0.4, 0.5) is 4.79 Å². The maximum atomic E-state index is 12.9. The Hall–Kier alpha value is -2.70. The molecule has 0 radical (unpaired) electrons. The molecule has 0 saturated carbocycles. The minimum atomic E-state index is -0.833. The van der Waals surface area contributed by atoms with Crippen LogP contribution in [0, 0.1) is 5.92 Å². The van der Waals surface area contributed by atoms with Gasteiger partial charge in [0.2, 0.25) is 0 Å². The first kappa shape index (κ1) is 55.3. The lowest BCUT2D eigenvalue weighted by atomic mass is 10.1. The topological polar surface area (TPSA) is 136 Å². The highest BCUT2D eigenvalue weighted by atomic mass is 16.7. The van der Waals surface area contributed by atoms with E-state index >= 15 is 0 Å². The quantitative estimate of drug-likeness (QED) is 0.0190. The zero-order valence-electron chi connectivity index (χ0n) is 37.6. The molecule has 0 aromatic carbocycles. The molecule has 0 heterocycles. The van der Waals surface area contributed by atoms with Crippen molar-refractivity contribution in [2.45, 2.75) is 189 Å². The first-order valence-electron chi connectivity index (χ1n) is 23.2. The molecule has 0 saturated heterocycles. The number of rotatable bonds is 42. The van der Waals surface area contributed by atoms with E-state index in [4.69, 9.17) is 33.2 Å². The van der Waals surface area contributed by atoms with Crippen molar-refractivity contribution in [1.29, 1.82) is 0 Å². The van der Waals surface area contributed by atoms with Crippen molar-refractivity contribution < 1.29 is 52.3 Å². The van der Waals surface area contributed by atoms with E-state index in [1.54, 1.807) is 0 Å². The van der Waals surface area contributed by atoms with Crippen LogP contribution in [0.15, 0.2) is 12.2 Å². The third-order valence-electron chi connectivity index (χ3n) is 9.81. The molecule has 0 rings (SSSR count). The molecule has 0 aliphatic rings. The number of nitrogens with zero attached hydrogens (tertiary/aromatic N) is 1. The standard InChI is InChI=1S/C46H85NO11/c1-6-11-14-17-20-23-24-34-52-42(48)29-27-30-43(49)56-38-41(40-58-46(51)55-37-28-33-47(9-4)10-5)39-57-44(50)31-32-45(53-35-25-21-18-15-12-7-2)54-36-26-22-19-16-13-8-3/h23-24,41,45H,6-22,25-40H2,1-5H3. The second-order valence-electron chi connectivity index (χ2n) is 15.1. The Morgan fingerprint density at radius 1 is 0.483 bits per heavy atom. The molecule has 12 heteroatoms. The number of carbonyl (C=O) groups is 4. The number of hydrogen-bond acceptors (Lipinski definition) is 12. The van der Waals surface area contributed by atoms with E-state index in [1.807, 2.05) is 12.2 Å². The smallest absolute Gasteiger partial charge is 0.465 e. The number of ether oxygens (including phenoxy) is 7. The van der Waals surface area contributed by atoms with E-state index in [2.05, 4.69) is 39.5 Å². The van der Waals surface area contributed by atoms with Gasteiger partial charge in [0, 0.05) is 39.0 Å². The number of unbranched alkanes of at least 4 members (excludes halogenated alkanes) is 14. The van der Waals surface area contributed by atoms with Crippen LogP contribution in [0.3, 0.4) is 0 Å². The van der Waals surface area contributed by atoms with Crippen LogP contribution in [0.1, 0.15) is 182 Å². The van der Waals surface area contributed by atoms with Crippen LogP contribution in [-0.2, 0) is 47.5 Å². The van der Waals surface area contributed by atoms with Gasteiger partial charge in [-0.25, -0.2) is 4.79 Å². The molecule has 0 aromatic heterocycles. The van der Waals surface area contributed by atoms with Gasteiger partial charge >= 0.3 is 24.1 Å². The zero-order chi connectivity index (χ0) is 42.7. The van der Waals surface area contributed by atoms with E-state index < -0.39 is 30.3 Å². The van der Waals surface area contributed by atoms with Gasteiger partial charge in [-0.1, -0.05) is 130 Å². The zero-order valence-corrected chi connectivity index (χ0v) is 37.6. The van der Waals surface area contributed by atoms with Crippen LogP contribution in [0.2, 0.25) is 0 Å². The summed E-state index contributed by atoms with van der Waals surface area (Å²) in [6, 6.07) is 0. The normalized spacial score (nSPS) is 12.0. The van der Waals surface area contributed by atoms with Gasteiger partial charge in [0.15, 0.2) is 6.29 Å². The summed E-state index contributed by atoms with van der Waals surface area (Å²) >= 11 is 0. The highest BCUT2D eigenvalue weighted by Gasteiger charge is 2.20. The lowest BCUT2D eigenvalue weighted by Gasteiger charge is -2.20. The third kappa shape index (κ3) is 37.6. The van der Waals surface area contributed by atoms with Crippen molar-refractivity contribution in [2.75, 3.05) is 65.9 Å². The summed E-state index contributed by atoms with van der Waals surface area (Å²) in [7, 11) is 0. The van der Waals surface area contributed by atoms with Crippen LogP contribution in [0.25, 0.3) is 0 Å². The third-order valence-corrected chi connectivity index (χ3v) is 9.81. The number of hydrogen-bond donors (Lipinski definition) is 0. The molecule has 0 bridgehead atoms. The molecular formula is C46H85NO11. The summed E-state index contributed by atoms with van der Waals surface area (Å²) in [6.45, 7) is 14.5. The highest BCUT2D eigenvalue weighted by molar-refractivity contribution is 5.72. The lowest BCUT2D eigenvalue weighted by molar-refractivity contribution is -0.161. The van der Waals surface area contributed by atoms with Gasteiger partial charge in [-0.15, -0.1) is 0 Å². The Labute approximate surface area is 353 Å². The monoisotopic (exact) mass is 828 g/mol. The van der Waals surface area contributed by atoms with Crippen LogP contribution in [-0.4, -0.2) is 101 Å². The van der Waals surface area contributed by atoms with Crippen molar-refractivity contribution in [3.63, 3.8) is 0 Å². The summed E-state index contributed by atoms with van der Waals surface area (Å²) in [5.74, 6) is -1.95. The average Bonchev–Trinajstić information content (AvgIpc) is 3.22. The van der Waals surface area contributed by atoms with Crippen molar-refractivity contribution in [3.8, 4) is 0 Å². The van der Waals surface area contributed by atoms with E-state index in [0.29, 0.717) is 26.1 Å². The SMILES string of the molecule is CCCCCCC=CCOC(=O)CCCC(=O)OCC(COC(=O)CCC(OCCCCCCCC)OCCCCCCCC)COC(=O)OCCCN(CC)CC.